The number of hydrogen-bond donors (Lipinski definition) is 0. The van der Waals surface area contributed by atoms with E-state index in [4.69, 9.17) is 13.6 Å². The van der Waals surface area contributed by atoms with E-state index >= 15 is 0 Å². The van der Waals surface area contributed by atoms with Crippen molar-refractivity contribution in [2.75, 3.05) is 7.11 Å². The first-order valence-corrected chi connectivity index (χ1v) is 9.11. The van der Waals surface area contributed by atoms with Crippen LogP contribution in [0.2, 0.25) is 19.6 Å². The van der Waals surface area contributed by atoms with Crippen LogP contribution in [-0.2, 0) is 0 Å². The van der Waals surface area contributed by atoms with Gasteiger partial charge in [0.1, 0.15) is 17.1 Å². The van der Waals surface area contributed by atoms with Crippen molar-refractivity contribution < 1.29 is 13.6 Å². The zero-order chi connectivity index (χ0) is 13.3. The van der Waals surface area contributed by atoms with Gasteiger partial charge in [-0.25, -0.2) is 4.79 Å². The molecule has 1 aromatic heterocycles. The summed E-state index contributed by atoms with van der Waals surface area (Å²) in [4.78, 5) is 11.2. The predicted molar refractivity (Wildman–Crippen MR) is 73.0 cm³/mol. The standard InChI is InChI=1S/C13H16O4Si/c1-15-11-7-9(17-18(2,3)4)8-12-10(11)5-6-13(14)16-12/h5-8H,1-4H3. The molecule has 4 nitrogen and oxygen atoms in total. The van der Waals surface area contributed by atoms with E-state index in [0.29, 0.717) is 17.1 Å². The molecule has 2 rings (SSSR count). The zero-order valence-corrected chi connectivity index (χ0v) is 11.9. The molecule has 96 valence electrons. The van der Waals surface area contributed by atoms with Crippen molar-refractivity contribution in [1.82, 2.24) is 0 Å². The van der Waals surface area contributed by atoms with Crippen molar-refractivity contribution in [2.24, 2.45) is 0 Å². The maximum absolute atomic E-state index is 11.2. The SMILES string of the molecule is COc1cc(O[Si](C)(C)C)cc2oc(=O)ccc12. The summed E-state index contributed by atoms with van der Waals surface area (Å²) in [5.41, 5.74) is 0.102. The summed E-state index contributed by atoms with van der Waals surface area (Å²) in [6, 6.07) is 6.63. The van der Waals surface area contributed by atoms with Crippen LogP contribution in [0.3, 0.4) is 0 Å². The van der Waals surface area contributed by atoms with Crippen LogP contribution in [0.5, 0.6) is 11.5 Å². The molecule has 0 unspecified atom stereocenters. The van der Waals surface area contributed by atoms with Crippen LogP contribution in [0.1, 0.15) is 0 Å². The van der Waals surface area contributed by atoms with E-state index < -0.39 is 8.32 Å². The molecule has 0 radical (unpaired) electrons. The summed E-state index contributed by atoms with van der Waals surface area (Å²) in [5, 5.41) is 0.764. The van der Waals surface area contributed by atoms with E-state index in [-0.39, 0.29) is 5.63 Å². The van der Waals surface area contributed by atoms with Gasteiger partial charge >= 0.3 is 5.63 Å². The maximum Gasteiger partial charge on any atom is 0.336 e. The van der Waals surface area contributed by atoms with Crippen LogP contribution >= 0.6 is 0 Å². The summed E-state index contributed by atoms with van der Waals surface area (Å²) < 4.78 is 16.3. The average molecular weight is 264 g/mol. The van der Waals surface area contributed by atoms with Gasteiger partial charge in [0.25, 0.3) is 0 Å². The van der Waals surface area contributed by atoms with Crippen molar-refractivity contribution in [1.29, 1.82) is 0 Å². The fourth-order valence-corrected chi connectivity index (χ4v) is 2.53. The molecule has 0 amide bonds. The summed E-state index contributed by atoms with van der Waals surface area (Å²) in [5.74, 6) is 1.32. The molecule has 0 saturated heterocycles. The Kier molecular flexibility index (Phi) is 3.17. The fraction of sp³-hybridized carbons (Fsp3) is 0.308. The Morgan fingerprint density at radius 2 is 1.89 bits per heavy atom. The van der Waals surface area contributed by atoms with Gasteiger partial charge in [0.2, 0.25) is 8.32 Å². The number of ether oxygens (including phenoxy) is 1. The largest absolute Gasteiger partial charge is 0.544 e. The van der Waals surface area contributed by atoms with E-state index in [1.807, 2.05) is 6.07 Å². The van der Waals surface area contributed by atoms with Gasteiger partial charge in [-0.1, -0.05) is 0 Å². The first-order chi connectivity index (χ1) is 8.39. The van der Waals surface area contributed by atoms with Crippen LogP contribution in [0.15, 0.2) is 33.5 Å². The molecule has 0 saturated carbocycles. The van der Waals surface area contributed by atoms with Crippen molar-refractivity contribution in [2.45, 2.75) is 19.6 Å². The fourth-order valence-electron chi connectivity index (χ4n) is 1.70. The predicted octanol–water partition coefficient (Wildman–Crippen LogP) is 3.02. The van der Waals surface area contributed by atoms with Gasteiger partial charge < -0.3 is 13.6 Å². The third kappa shape index (κ3) is 2.73. The van der Waals surface area contributed by atoms with Crippen molar-refractivity contribution in [3.05, 3.63) is 34.7 Å². The summed E-state index contributed by atoms with van der Waals surface area (Å²) in [6.45, 7) is 6.26. The van der Waals surface area contributed by atoms with Crippen molar-refractivity contribution >= 4 is 19.3 Å². The van der Waals surface area contributed by atoms with Gasteiger partial charge in [-0.15, -0.1) is 0 Å². The lowest BCUT2D eigenvalue weighted by molar-refractivity contribution is 0.415. The molecule has 0 aliphatic carbocycles. The topological polar surface area (TPSA) is 48.7 Å². The minimum Gasteiger partial charge on any atom is -0.544 e. The summed E-state index contributed by atoms with van der Waals surface area (Å²) in [6.07, 6.45) is 0. The molecule has 5 heteroatoms. The summed E-state index contributed by atoms with van der Waals surface area (Å²) >= 11 is 0. The first-order valence-electron chi connectivity index (χ1n) is 5.70. The molecule has 0 aliphatic rings. The average Bonchev–Trinajstić information content (AvgIpc) is 2.25. The number of methoxy groups -OCH3 is 1. The lowest BCUT2D eigenvalue weighted by Crippen LogP contribution is -2.29. The quantitative estimate of drug-likeness (QED) is 0.631. The lowest BCUT2D eigenvalue weighted by atomic mass is 10.2. The Balaban J connectivity index is 2.60. The molecular weight excluding hydrogens is 248 g/mol. The summed E-state index contributed by atoms with van der Waals surface area (Å²) in [7, 11) is -0.129. The van der Waals surface area contributed by atoms with Crippen LogP contribution in [-0.4, -0.2) is 15.4 Å². The van der Waals surface area contributed by atoms with E-state index in [1.165, 1.54) is 6.07 Å². The number of rotatable bonds is 3. The molecule has 0 bridgehead atoms. The molecule has 0 spiro atoms. The number of fused-ring (bicyclic) bond motifs is 1. The molecular formula is C13H16O4Si. The van der Waals surface area contributed by atoms with Gasteiger partial charge in [0, 0.05) is 18.2 Å². The molecule has 2 aromatic rings. The minimum atomic E-state index is -1.71. The number of benzene rings is 1. The van der Waals surface area contributed by atoms with Gasteiger partial charge in [-0.3, -0.25) is 0 Å². The maximum atomic E-state index is 11.2. The Labute approximate surface area is 106 Å². The monoisotopic (exact) mass is 264 g/mol. The lowest BCUT2D eigenvalue weighted by Gasteiger charge is -2.19. The van der Waals surface area contributed by atoms with E-state index in [1.54, 1.807) is 19.2 Å². The second-order valence-electron chi connectivity index (χ2n) is 5.01. The zero-order valence-electron chi connectivity index (χ0n) is 10.9. The molecule has 0 aliphatic heterocycles. The second-order valence-corrected chi connectivity index (χ2v) is 9.44. The molecule has 1 heterocycles. The van der Waals surface area contributed by atoms with Crippen molar-refractivity contribution in [3.8, 4) is 11.5 Å². The molecule has 18 heavy (non-hydrogen) atoms. The first kappa shape index (κ1) is 12.7. The van der Waals surface area contributed by atoms with E-state index in [2.05, 4.69) is 19.6 Å². The Morgan fingerprint density at radius 3 is 2.50 bits per heavy atom. The third-order valence-electron chi connectivity index (χ3n) is 2.32. The Bertz CT molecular complexity index is 625. The third-order valence-corrected chi connectivity index (χ3v) is 3.17. The highest BCUT2D eigenvalue weighted by atomic mass is 28.4. The highest BCUT2D eigenvalue weighted by Gasteiger charge is 2.18. The van der Waals surface area contributed by atoms with Crippen LogP contribution in [0.25, 0.3) is 11.0 Å². The molecule has 0 N–H and O–H groups in total. The van der Waals surface area contributed by atoms with Crippen LogP contribution in [0, 0.1) is 0 Å². The van der Waals surface area contributed by atoms with Gasteiger partial charge in [0.05, 0.1) is 12.5 Å². The van der Waals surface area contributed by atoms with E-state index in [0.717, 1.165) is 5.39 Å². The molecule has 0 fully saturated rings. The van der Waals surface area contributed by atoms with E-state index in [9.17, 15) is 4.79 Å². The van der Waals surface area contributed by atoms with Gasteiger partial charge in [-0.2, -0.15) is 0 Å². The molecule has 0 atom stereocenters. The Morgan fingerprint density at radius 1 is 1.17 bits per heavy atom. The Hall–Kier alpha value is -1.75. The van der Waals surface area contributed by atoms with Gasteiger partial charge in [-0.05, 0) is 25.7 Å². The number of hydrogen-bond acceptors (Lipinski definition) is 4. The van der Waals surface area contributed by atoms with Crippen molar-refractivity contribution in [3.63, 3.8) is 0 Å². The highest BCUT2D eigenvalue weighted by Crippen LogP contribution is 2.31. The second kappa shape index (κ2) is 4.49. The smallest absolute Gasteiger partial charge is 0.336 e. The highest BCUT2D eigenvalue weighted by molar-refractivity contribution is 6.70. The molecule has 1 aromatic carbocycles. The normalized spacial score (nSPS) is 11.6. The van der Waals surface area contributed by atoms with Crippen LogP contribution in [0.4, 0.5) is 0 Å². The van der Waals surface area contributed by atoms with Gasteiger partial charge in [0.15, 0.2) is 0 Å². The minimum absolute atomic E-state index is 0.380. The van der Waals surface area contributed by atoms with Crippen LogP contribution < -0.4 is 14.8 Å².